The summed E-state index contributed by atoms with van der Waals surface area (Å²) < 4.78 is 0. The Kier molecular flexibility index (Phi) is 4.65. The highest BCUT2D eigenvalue weighted by Crippen LogP contribution is 2.32. The molecule has 0 atom stereocenters. The maximum Gasteiger partial charge on any atom is 0.208 e. The van der Waals surface area contributed by atoms with E-state index in [1.165, 1.54) is 0 Å². The van der Waals surface area contributed by atoms with E-state index < -0.39 is 0 Å². The third kappa shape index (κ3) is 3.43. The van der Waals surface area contributed by atoms with Gasteiger partial charge in [-0.1, -0.05) is 47.2 Å². The van der Waals surface area contributed by atoms with E-state index in [0.29, 0.717) is 5.02 Å². The Morgan fingerprint density at radius 3 is 2.68 bits per heavy atom. The summed E-state index contributed by atoms with van der Waals surface area (Å²) in [6.45, 7) is 0.841. The lowest BCUT2D eigenvalue weighted by molar-refractivity contribution is 0.839. The number of halogens is 1. The lowest BCUT2D eigenvalue weighted by Gasteiger charge is -2.14. The first-order valence-corrected chi connectivity index (χ1v) is 8.13. The van der Waals surface area contributed by atoms with Crippen molar-refractivity contribution < 1.29 is 0 Å². The van der Waals surface area contributed by atoms with Crippen LogP contribution >= 0.6 is 22.9 Å². The largest absolute Gasteiger partial charge is 0.349 e. The van der Waals surface area contributed by atoms with Crippen LogP contribution in [0.4, 0.5) is 5.13 Å². The molecule has 2 aromatic heterocycles. The zero-order chi connectivity index (χ0) is 15.4. The SMILES string of the molecule is CN(CCc1ccccn1)c1nnc(-c2ccccc2Cl)s1. The first-order chi connectivity index (χ1) is 10.7. The molecule has 0 bridgehead atoms. The maximum atomic E-state index is 6.21. The standard InChI is InChI=1S/C16H15ClN4S/c1-21(11-9-12-6-4-5-10-18-12)16-20-19-15(22-16)13-7-2-3-8-14(13)17/h2-8,10H,9,11H2,1H3. The van der Waals surface area contributed by atoms with Crippen LogP contribution in [0.25, 0.3) is 10.6 Å². The molecule has 0 spiro atoms. The molecular weight excluding hydrogens is 316 g/mol. The van der Waals surface area contributed by atoms with Crippen LogP contribution in [-0.2, 0) is 6.42 Å². The molecule has 0 aliphatic carbocycles. The van der Waals surface area contributed by atoms with Gasteiger partial charge in [-0.3, -0.25) is 4.98 Å². The van der Waals surface area contributed by atoms with Gasteiger partial charge < -0.3 is 4.90 Å². The lowest BCUT2D eigenvalue weighted by Crippen LogP contribution is -2.20. The highest BCUT2D eigenvalue weighted by Gasteiger charge is 2.12. The minimum atomic E-state index is 0.696. The van der Waals surface area contributed by atoms with Crippen LogP contribution in [-0.4, -0.2) is 28.8 Å². The zero-order valence-electron chi connectivity index (χ0n) is 12.1. The van der Waals surface area contributed by atoms with Gasteiger partial charge in [0.1, 0.15) is 0 Å². The second kappa shape index (κ2) is 6.85. The summed E-state index contributed by atoms with van der Waals surface area (Å²) >= 11 is 7.75. The molecule has 0 amide bonds. The Morgan fingerprint density at radius 1 is 1.09 bits per heavy atom. The van der Waals surface area contributed by atoms with E-state index in [-0.39, 0.29) is 0 Å². The predicted octanol–water partition coefficient (Wildman–Crippen LogP) is 3.93. The highest BCUT2D eigenvalue weighted by molar-refractivity contribution is 7.18. The number of likely N-dealkylation sites (N-methyl/N-ethyl adjacent to an activating group) is 1. The van der Waals surface area contributed by atoms with Crippen molar-refractivity contribution in [2.75, 3.05) is 18.5 Å². The van der Waals surface area contributed by atoms with E-state index in [1.807, 2.05) is 55.7 Å². The van der Waals surface area contributed by atoms with Crippen molar-refractivity contribution in [2.45, 2.75) is 6.42 Å². The lowest BCUT2D eigenvalue weighted by atomic mass is 10.2. The molecule has 0 N–H and O–H groups in total. The summed E-state index contributed by atoms with van der Waals surface area (Å²) in [6, 6.07) is 13.6. The van der Waals surface area contributed by atoms with E-state index in [2.05, 4.69) is 20.1 Å². The molecule has 3 aromatic rings. The van der Waals surface area contributed by atoms with Gasteiger partial charge in [0.15, 0.2) is 5.01 Å². The normalized spacial score (nSPS) is 10.6. The van der Waals surface area contributed by atoms with Crippen molar-refractivity contribution in [3.05, 3.63) is 59.4 Å². The summed E-state index contributed by atoms with van der Waals surface area (Å²) in [5, 5.41) is 10.9. The highest BCUT2D eigenvalue weighted by atomic mass is 35.5. The molecule has 2 heterocycles. The van der Waals surface area contributed by atoms with Crippen molar-refractivity contribution in [3.63, 3.8) is 0 Å². The molecule has 6 heteroatoms. The molecule has 22 heavy (non-hydrogen) atoms. The Labute approximate surface area is 138 Å². The minimum absolute atomic E-state index is 0.696. The van der Waals surface area contributed by atoms with Gasteiger partial charge >= 0.3 is 0 Å². The van der Waals surface area contributed by atoms with Gasteiger partial charge in [0.25, 0.3) is 0 Å². The summed E-state index contributed by atoms with van der Waals surface area (Å²) in [5.74, 6) is 0. The Bertz CT molecular complexity index is 745. The molecule has 0 saturated heterocycles. The van der Waals surface area contributed by atoms with E-state index in [0.717, 1.165) is 34.4 Å². The average Bonchev–Trinajstić information content (AvgIpc) is 3.04. The van der Waals surface area contributed by atoms with Crippen LogP contribution in [0.5, 0.6) is 0 Å². The summed E-state index contributed by atoms with van der Waals surface area (Å²) in [5.41, 5.74) is 2.00. The zero-order valence-corrected chi connectivity index (χ0v) is 13.7. The number of anilines is 1. The average molecular weight is 331 g/mol. The quantitative estimate of drug-likeness (QED) is 0.710. The maximum absolute atomic E-state index is 6.21. The topological polar surface area (TPSA) is 41.9 Å². The second-order valence-electron chi connectivity index (χ2n) is 4.86. The number of benzene rings is 1. The first-order valence-electron chi connectivity index (χ1n) is 6.93. The van der Waals surface area contributed by atoms with Crippen LogP contribution in [0.15, 0.2) is 48.7 Å². The van der Waals surface area contributed by atoms with Crippen LogP contribution in [0.3, 0.4) is 0 Å². The van der Waals surface area contributed by atoms with Crippen LogP contribution < -0.4 is 4.90 Å². The summed E-state index contributed by atoms with van der Waals surface area (Å²) in [6.07, 6.45) is 2.69. The van der Waals surface area contributed by atoms with Gasteiger partial charge in [-0.2, -0.15) is 0 Å². The monoisotopic (exact) mass is 330 g/mol. The molecule has 0 aliphatic rings. The number of pyridine rings is 1. The molecule has 0 radical (unpaired) electrons. The van der Waals surface area contributed by atoms with Gasteiger partial charge in [0.2, 0.25) is 5.13 Å². The van der Waals surface area contributed by atoms with E-state index in [4.69, 9.17) is 11.6 Å². The van der Waals surface area contributed by atoms with E-state index in [1.54, 1.807) is 11.3 Å². The van der Waals surface area contributed by atoms with Crippen LogP contribution in [0.1, 0.15) is 5.69 Å². The molecular formula is C16H15ClN4S. The fourth-order valence-electron chi connectivity index (χ4n) is 2.04. The Morgan fingerprint density at radius 2 is 1.91 bits per heavy atom. The van der Waals surface area contributed by atoms with Crippen molar-refractivity contribution in [1.29, 1.82) is 0 Å². The molecule has 0 unspecified atom stereocenters. The van der Waals surface area contributed by atoms with Gasteiger partial charge in [-0.15, -0.1) is 10.2 Å². The minimum Gasteiger partial charge on any atom is -0.349 e. The van der Waals surface area contributed by atoms with Gasteiger partial charge in [0.05, 0.1) is 5.02 Å². The number of nitrogens with zero attached hydrogens (tertiary/aromatic N) is 4. The van der Waals surface area contributed by atoms with Crippen molar-refractivity contribution in [1.82, 2.24) is 15.2 Å². The molecule has 0 aliphatic heterocycles. The van der Waals surface area contributed by atoms with Crippen molar-refractivity contribution in [3.8, 4) is 10.6 Å². The summed E-state index contributed by atoms with van der Waals surface area (Å²) in [4.78, 5) is 6.42. The number of hydrogen-bond donors (Lipinski definition) is 0. The third-order valence-corrected chi connectivity index (χ3v) is 4.68. The smallest absolute Gasteiger partial charge is 0.208 e. The number of aromatic nitrogens is 3. The molecule has 1 aromatic carbocycles. The van der Waals surface area contributed by atoms with Gasteiger partial charge in [-0.25, -0.2) is 0 Å². The number of rotatable bonds is 5. The molecule has 0 fully saturated rings. The van der Waals surface area contributed by atoms with Gasteiger partial charge in [0, 0.05) is 37.5 Å². The van der Waals surface area contributed by atoms with E-state index in [9.17, 15) is 0 Å². The fraction of sp³-hybridized carbons (Fsp3) is 0.188. The fourth-order valence-corrected chi connectivity index (χ4v) is 3.19. The van der Waals surface area contributed by atoms with Crippen LogP contribution in [0.2, 0.25) is 5.02 Å². The Balaban J connectivity index is 1.69. The molecule has 3 rings (SSSR count). The number of hydrogen-bond acceptors (Lipinski definition) is 5. The predicted molar refractivity (Wildman–Crippen MR) is 91.6 cm³/mol. The first kappa shape index (κ1) is 14.9. The van der Waals surface area contributed by atoms with E-state index >= 15 is 0 Å². The van der Waals surface area contributed by atoms with Crippen molar-refractivity contribution in [2.24, 2.45) is 0 Å². The molecule has 112 valence electrons. The Hall–Kier alpha value is -1.98. The van der Waals surface area contributed by atoms with Crippen LogP contribution in [0, 0.1) is 0 Å². The molecule has 0 saturated carbocycles. The third-order valence-electron chi connectivity index (χ3n) is 3.27. The van der Waals surface area contributed by atoms with Gasteiger partial charge in [-0.05, 0) is 18.2 Å². The molecule has 4 nitrogen and oxygen atoms in total. The summed E-state index contributed by atoms with van der Waals surface area (Å²) in [7, 11) is 2.01. The second-order valence-corrected chi connectivity index (χ2v) is 6.23. The van der Waals surface area contributed by atoms with Crippen molar-refractivity contribution >= 4 is 28.1 Å².